The molecule has 1 aromatic heterocycles. The van der Waals surface area contributed by atoms with Crippen molar-refractivity contribution in [3.8, 4) is 0 Å². The van der Waals surface area contributed by atoms with Gasteiger partial charge in [-0.05, 0) is 19.4 Å². The molecule has 2 heterocycles. The molecule has 10 heavy (non-hydrogen) atoms. The van der Waals surface area contributed by atoms with Gasteiger partial charge in [0.15, 0.2) is 0 Å². The lowest BCUT2D eigenvalue weighted by Gasteiger charge is -2.01. The molecule has 0 aliphatic carbocycles. The molecule has 1 aliphatic rings. The number of hydrogen-bond donors (Lipinski definition) is 0. The number of aromatic nitrogens is 2. The molecule has 0 saturated heterocycles. The van der Waals surface area contributed by atoms with Gasteiger partial charge in [0.05, 0.1) is 6.04 Å². The molecule has 0 saturated carbocycles. The van der Waals surface area contributed by atoms with Crippen LogP contribution in [0.3, 0.4) is 0 Å². The molecule has 1 aromatic rings. The van der Waals surface area contributed by atoms with E-state index in [1.54, 1.807) is 0 Å². The fourth-order valence-corrected chi connectivity index (χ4v) is 1.82. The standard InChI is InChI=1S/C8H12N2/c1-6-5-7(2)10-8(6)3-4-9-10/h3-4,6-7H,5H2,1-2H3. The van der Waals surface area contributed by atoms with Crippen LogP contribution < -0.4 is 0 Å². The largest absolute Gasteiger partial charge is 0.267 e. The van der Waals surface area contributed by atoms with E-state index < -0.39 is 0 Å². The Morgan fingerprint density at radius 1 is 1.60 bits per heavy atom. The van der Waals surface area contributed by atoms with Crippen LogP contribution in [0.15, 0.2) is 12.3 Å². The minimum atomic E-state index is 0.611. The Hall–Kier alpha value is -0.790. The van der Waals surface area contributed by atoms with Crippen LogP contribution in [0, 0.1) is 0 Å². The predicted octanol–water partition coefficient (Wildman–Crippen LogP) is 1.95. The molecule has 2 atom stereocenters. The van der Waals surface area contributed by atoms with E-state index in [0.717, 1.165) is 0 Å². The summed E-state index contributed by atoms with van der Waals surface area (Å²) in [6, 6.07) is 2.73. The van der Waals surface area contributed by atoms with E-state index in [1.165, 1.54) is 12.1 Å². The van der Waals surface area contributed by atoms with Crippen molar-refractivity contribution in [1.29, 1.82) is 0 Å². The molecule has 2 rings (SSSR count). The highest BCUT2D eigenvalue weighted by Gasteiger charge is 2.24. The zero-order chi connectivity index (χ0) is 7.14. The van der Waals surface area contributed by atoms with E-state index in [9.17, 15) is 0 Å². The van der Waals surface area contributed by atoms with Crippen LogP contribution in [0.2, 0.25) is 0 Å². The van der Waals surface area contributed by atoms with Crippen LogP contribution in [0.5, 0.6) is 0 Å². The minimum absolute atomic E-state index is 0.611. The second-order valence-corrected chi connectivity index (χ2v) is 3.19. The molecule has 1 aliphatic heterocycles. The van der Waals surface area contributed by atoms with E-state index in [4.69, 9.17) is 0 Å². The maximum Gasteiger partial charge on any atom is 0.0500 e. The second-order valence-electron chi connectivity index (χ2n) is 3.19. The Labute approximate surface area is 60.9 Å². The average Bonchev–Trinajstić information content (AvgIpc) is 2.39. The Morgan fingerprint density at radius 2 is 2.40 bits per heavy atom. The van der Waals surface area contributed by atoms with Gasteiger partial charge in [-0.25, -0.2) is 0 Å². The lowest BCUT2D eigenvalue weighted by molar-refractivity contribution is 0.511. The number of hydrogen-bond acceptors (Lipinski definition) is 1. The molecule has 0 N–H and O–H groups in total. The topological polar surface area (TPSA) is 17.8 Å². The molecule has 54 valence electrons. The van der Waals surface area contributed by atoms with Crippen molar-refractivity contribution in [2.24, 2.45) is 0 Å². The van der Waals surface area contributed by atoms with Gasteiger partial charge in [0.25, 0.3) is 0 Å². The molecular weight excluding hydrogens is 124 g/mol. The fraction of sp³-hybridized carbons (Fsp3) is 0.625. The summed E-state index contributed by atoms with van der Waals surface area (Å²) in [7, 11) is 0. The Morgan fingerprint density at radius 3 is 3.10 bits per heavy atom. The molecule has 0 amide bonds. The van der Waals surface area contributed by atoms with Gasteiger partial charge < -0.3 is 0 Å². The lowest BCUT2D eigenvalue weighted by atomic mass is 10.1. The fourth-order valence-electron chi connectivity index (χ4n) is 1.82. The molecule has 0 aromatic carbocycles. The van der Waals surface area contributed by atoms with Crippen LogP contribution in [0.1, 0.15) is 37.9 Å². The SMILES string of the molecule is CC1CC(C)n2nccc21. The summed E-state index contributed by atoms with van der Waals surface area (Å²) in [5.41, 5.74) is 1.40. The molecule has 0 bridgehead atoms. The predicted molar refractivity (Wildman–Crippen MR) is 40.0 cm³/mol. The summed E-state index contributed by atoms with van der Waals surface area (Å²) < 4.78 is 2.13. The van der Waals surface area contributed by atoms with E-state index in [0.29, 0.717) is 12.0 Å². The smallest absolute Gasteiger partial charge is 0.0500 e. The molecule has 0 radical (unpaired) electrons. The summed E-state index contributed by atoms with van der Waals surface area (Å²) in [6.45, 7) is 4.48. The summed E-state index contributed by atoms with van der Waals surface area (Å²) in [5.74, 6) is 0.706. The van der Waals surface area contributed by atoms with Gasteiger partial charge in [0, 0.05) is 17.8 Å². The molecule has 0 fully saturated rings. The molecule has 2 heteroatoms. The van der Waals surface area contributed by atoms with E-state index >= 15 is 0 Å². The summed E-state index contributed by atoms with van der Waals surface area (Å²) >= 11 is 0. The maximum absolute atomic E-state index is 4.24. The van der Waals surface area contributed by atoms with Gasteiger partial charge in [-0.2, -0.15) is 5.10 Å². The zero-order valence-corrected chi connectivity index (χ0v) is 6.41. The number of fused-ring (bicyclic) bond motifs is 1. The van der Waals surface area contributed by atoms with Crippen molar-refractivity contribution in [3.05, 3.63) is 18.0 Å². The zero-order valence-electron chi connectivity index (χ0n) is 6.41. The number of rotatable bonds is 0. The van der Waals surface area contributed by atoms with Gasteiger partial charge in [-0.1, -0.05) is 6.92 Å². The second kappa shape index (κ2) is 1.84. The Balaban J connectivity index is 2.48. The molecule has 2 unspecified atom stereocenters. The first-order valence-corrected chi connectivity index (χ1v) is 3.82. The van der Waals surface area contributed by atoms with Gasteiger partial charge in [-0.3, -0.25) is 4.68 Å². The first-order valence-electron chi connectivity index (χ1n) is 3.82. The Kier molecular flexibility index (Phi) is 1.10. The molecule has 2 nitrogen and oxygen atoms in total. The summed E-state index contributed by atoms with van der Waals surface area (Å²) in [6.07, 6.45) is 3.14. The third-order valence-electron chi connectivity index (χ3n) is 2.32. The van der Waals surface area contributed by atoms with Gasteiger partial charge in [0.1, 0.15) is 0 Å². The van der Waals surface area contributed by atoms with Crippen LogP contribution in [-0.4, -0.2) is 9.78 Å². The third kappa shape index (κ3) is 0.618. The van der Waals surface area contributed by atoms with Crippen LogP contribution in [-0.2, 0) is 0 Å². The normalized spacial score (nSPS) is 30.6. The Bertz CT molecular complexity index is 217. The van der Waals surface area contributed by atoms with E-state index in [-0.39, 0.29) is 0 Å². The van der Waals surface area contributed by atoms with Crippen LogP contribution in [0.4, 0.5) is 0 Å². The highest BCUT2D eigenvalue weighted by Crippen LogP contribution is 2.33. The van der Waals surface area contributed by atoms with Crippen molar-refractivity contribution in [2.45, 2.75) is 32.2 Å². The van der Waals surface area contributed by atoms with Crippen molar-refractivity contribution >= 4 is 0 Å². The minimum Gasteiger partial charge on any atom is -0.267 e. The van der Waals surface area contributed by atoms with Crippen LogP contribution in [0.25, 0.3) is 0 Å². The first kappa shape index (κ1) is 5.96. The van der Waals surface area contributed by atoms with E-state index in [2.05, 4.69) is 29.7 Å². The van der Waals surface area contributed by atoms with Gasteiger partial charge in [0.2, 0.25) is 0 Å². The van der Waals surface area contributed by atoms with Crippen molar-refractivity contribution in [3.63, 3.8) is 0 Å². The van der Waals surface area contributed by atoms with Gasteiger partial charge >= 0.3 is 0 Å². The number of nitrogens with zero attached hydrogens (tertiary/aromatic N) is 2. The molecule has 0 spiro atoms. The van der Waals surface area contributed by atoms with E-state index in [1.807, 2.05) is 6.20 Å². The van der Waals surface area contributed by atoms with Crippen LogP contribution >= 0.6 is 0 Å². The van der Waals surface area contributed by atoms with Crippen molar-refractivity contribution < 1.29 is 0 Å². The highest BCUT2D eigenvalue weighted by atomic mass is 15.3. The monoisotopic (exact) mass is 136 g/mol. The summed E-state index contributed by atoms with van der Waals surface area (Å²) in [4.78, 5) is 0. The average molecular weight is 136 g/mol. The van der Waals surface area contributed by atoms with Crippen molar-refractivity contribution in [2.75, 3.05) is 0 Å². The van der Waals surface area contributed by atoms with Crippen molar-refractivity contribution in [1.82, 2.24) is 9.78 Å². The maximum atomic E-state index is 4.24. The molecular formula is C8H12N2. The first-order chi connectivity index (χ1) is 4.79. The highest BCUT2D eigenvalue weighted by molar-refractivity contribution is 5.12. The lowest BCUT2D eigenvalue weighted by Crippen LogP contribution is -1.99. The summed E-state index contributed by atoms with van der Waals surface area (Å²) in [5, 5.41) is 4.24. The quantitative estimate of drug-likeness (QED) is 0.533. The van der Waals surface area contributed by atoms with Gasteiger partial charge in [-0.15, -0.1) is 0 Å². The third-order valence-corrected chi connectivity index (χ3v) is 2.32.